The van der Waals surface area contributed by atoms with Crippen LogP contribution in [0.1, 0.15) is 37.7 Å². The molecule has 3 aliphatic rings. The van der Waals surface area contributed by atoms with E-state index in [0.717, 1.165) is 12.3 Å². The molecule has 1 aromatic rings. The molecule has 0 spiro atoms. The molecule has 0 saturated heterocycles. The average Bonchev–Trinajstić information content (AvgIpc) is 3.05. The zero-order valence-corrected chi connectivity index (χ0v) is 11.6. The van der Waals surface area contributed by atoms with Gasteiger partial charge in [-0.05, 0) is 67.9 Å². The topological polar surface area (TPSA) is 26.0 Å². The molecule has 0 heterocycles. The Balaban J connectivity index is 1.63. The first-order valence-electron chi connectivity index (χ1n) is 7.80. The van der Waals surface area contributed by atoms with E-state index in [1.807, 2.05) is 0 Å². The number of benzene rings is 1. The van der Waals surface area contributed by atoms with E-state index in [9.17, 15) is 8.78 Å². The number of hydrogen-bond acceptors (Lipinski definition) is 1. The lowest BCUT2D eigenvalue weighted by atomic mass is 9.69. The molecule has 0 amide bonds. The molecule has 108 valence electrons. The molecule has 3 heteroatoms. The van der Waals surface area contributed by atoms with Crippen molar-refractivity contribution in [2.45, 2.75) is 44.1 Å². The van der Waals surface area contributed by atoms with E-state index in [-0.39, 0.29) is 11.1 Å². The second-order valence-corrected chi connectivity index (χ2v) is 7.18. The molecule has 2 bridgehead atoms. The van der Waals surface area contributed by atoms with Crippen molar-refractivity contribution >= 4 is 0 Å². The van der Waals surface area contributed by atoms with Gasteiger partial charge in [0.1, 0.15) is 11.6 Å². The molecular formula is C17H21F2N. The van der Waals surface area contributed by atoms with Crippen LogP contribution >= 0.6 is 0 Å². The molecule has 3 aliphatic carbocycles. The van der Waals surface area contributed by atoms with Gasteiger partial charge >= 0.3 is 0 Å². The number of hydrogen-bond donors (Lipinski definition) is 1. The summed E-state index contributed by atoms with van der Waals surface area (Å²) in [7, 11) is 0. The molecule has 5 atom stereocenters. The van der Waals surface area contributed by atoms with Gasteiger partial charge in [0.05, 0.1) is 0 Å². The van der Waals surface area contributed by atoms with Gasteiger partial charge < -0.3 is 5.73 Å². The summed E-state index contributed by atoms with van der Waals surface area (Å²) in [5, 5.41) is 0. The highest BCUT2D eigenvalue weighted by atomic mass is 19.1. The SMILES string of the molecule is NC1(Cc2c(F)cccc2F)CC2CC1C1CCCC21. The summed E-state index contributed by atoms with van der Waals surface area (Å²) < 4.78 is 27.8. The van der Waals surface area contributed by atoms with Crippen LogP contribution in [0.5, 0.6) is 0 Å². The standard InChI is InChI=1S/C17H21F2N/c18-15-5-2-6-16(19)13(15)9-17(20)8-10-7-14(17)12-4-1-3-11(10)12/h2,5-6,10-12,14H,1,3-4,7-9,20H2. The molecular weight excluding hydrogens is 256 g/mol. The lowest BCUT2D eigenvalue weighted by molar-refractivity contribution is 0.154. The summed E-state index contributed by atoms with van der Waals surface area (Å²) in [6.45, 7) is 0. The summed E-state index contributed by atoms with van der Waals surface area (Å²) in [4.78, 5) is 0. The first-order chi connectivity index (χ1) is 9.58. The molecule has 2 N–H and O–H groups in total. The zero-order valence-electron chi connectivity index (χ0n) is 11.6. The second kappa shape index (κ2) is 4.27. The number of halogens is 2. The van der Waals surface area contributed by atoms with Gasteiger partial charge in [-0.15, -0.1) is 0 Å². The molecule has 1 aromatic carbocycles. The van der Waals surface area contributed by atoms with Crippen molar-refractivity contribution in [2.75, 3.05) is 0 Å². The second-order valence-electron chi connectivity index (χ2n) is 7.18. The Morgan fingerprint density at radius 1 is 1.15 bits per heavy atom. The van der Waals surface area contributed by atoms with Crippen molar-refractivity contribution in [2.24, 2.45) is 29.4 Å². The van der Waals surface area contributed by atoms with Crippen LogP contribution in [0.25, 0.3) is 0 Å². The predicted molar refractivity (Wildman–Crippen MR) is 74.0 cm³/mol. The summed E-state index contributed by atoms with van der Waals surface area (Å²) in [6.07, 6.45) is 6.41. The van der Waals surface area contributed by atoms with Crippen molar-refractivity contribution in [3.63, 3.8) is 0 Å². The fourth-order valence-electron chi connectivity index (χ4n) is 5.55. The Bertz CT molecular complexity index is 524. The van der Waals surface area contributed by atoms with Crippen LogP contribution < -0.4 is 5.73 Å². The van der Waals surface area contributed by atoms with E-state index in [2.05, 4.69) is 0 Å². The normalized spacial score (nSPS) is 42.1. The Hall–Kier alpha value is -0.960. The highest BCUT2D eigenvalue weighted by Crippen LogP contribution is 2.62. The third-order valence-corrected chi connectivity index (χ3v) is 6.25. The molecule has 0 aliphatic heterocycles. The van der Waals surface area contributed by atoms with Crippen molar-refractivity contribution in [1.29, 1.82) is 0 Å². The van der Waals surface area contributed by atoms with Gasteiger partial charge in [-0.2, -0.15) is 0 Å². The smallest absolute Gasteiger partial charge is 0.129 e. The highest BCUT2D eigenvalue weighted by Gasteiger charge is 2.59. The first kappa shape index (κ1) is 12.8. The number of nitrogens with two attached hydrogens (primary N) is 1. The van der Waals surface area contributed by atoms with Gasteiger partial charge in [0.15, 0.2) is 0 Å². The van der Waals surface area contributed by atoms with E-state index in [4.69, 9.17) is 5.73 Å². The van der Waals surface area contributed by atoms with Gasteiger partial charge in [-0.3, -0.25) is 0 Å². The van der Waals surface area contributed by atoms with E-state index in [1.165, 1.54) is 43.9 Å². The molecule has 0 radical (unpaired) electrons. The monoisotopic (exact) mass is 277 g/mol. The Labute approximate surface area is 118 Å². The Morgan fingerprint density at radius 3 is 2.60 bits per heavy atom. The summed E-state index contributed by atoms with van der Waals surface area (Å²) in [5.74, 6) is 1.85. The van der Waals surface area contributed by atoms with E-state index >= 15 is 0 Å². The van der Waals surface area contributed by atoms with Gasteiger partial charge in [0.2, 0.25) is 0 Å². The minimum atomic E-state index is -0.444. The van der Waals surface area contributed by atoms with Crippen molar-refractivity contribution < 1.29 is 8.78 Å². The van der Waals surface area contributed by atoms with Gasteiger partial charge in [0, 0.05) is 11.1 Å². The quantitative estimate of drug-likeness (QED) is 0.877. The van der Waals surface area contributed by atoms with Crippen LogP contribution in [0.3, 0.4) is 0 Å². The van der Waals surface area contributed by atoms with E-state index < -0.39 is 11.6 Å². The number of rotatable bonds is 2. The molecule has 20 heavy (non-hydrogen) atoms. The summed E-state index contributed by atoms with van der Waals surface area (Å²) in [5.41, 5.74) is 6.44. The van der Waals surface area contributed by atoms with Crippen LogP contribution in [-0.2, 0) is 6.42 Å². The molecule has 4 rings (SSSR count). The molecule has 3 saturated carbocycles. The Kier molecular flexibility index (Phi) is 2.72. The van der Waals surface area contributed by atoms with Crippen LogP contribution in [0.4, 0.5) is 8.78 Å². The molecule has 0 aromatic heterocycles. The van der Waals surface area contributed by atoms with Crippen LogP contribution in [0.2, 0.25) is 0 Å². The number of fused-ring (bicyclic) bond motifs is 5. The third kappa shape index (κ3) is 1.68. The van der Waals surface area contributed by atoms with Crippen LogP contribution in [-0.4, -0.2) is 5.54 Å². The fourth-order valence-corrected chi connectivity index (χ4v) is 5.55. The maximum Gasteiger partial charge on any atom is 0.129 e. The van der Waals surface area contributed by atoms with Gasteiger partial charge in [-0.1, -0.05) is 12.5 Å². The minimum absolute atomic E-state index is 0.192. The van der Waals surface area contributed by atoms with Gasteiger partial charge in [-0.25, -0.2) is 8.78 Å². The van der Waals surface area contributed by atoms with Gasteiger partial charge in [0.25, 0.3) is 0 Å². The van der Waals surface area contributed by atoms with Crippen LogP contribution in [0.15, 0.2) is 18.2 Å². The maximum absolute atomic E-state index is 13.9. The largest absolute Gasteiger partial charge is 0.325 e. The fraction of sp³-hybridized carbons (Fsp3) is 0.647. The lowest BCUT2D eigenvalue weighted by Crippen LogP contribution is -2.51. The Morgan fingerprint density at radius 2 is 1.85 bits per heavy atom. The van der Waals surface area contributed by atoms with E-state index in [1.54, 1.807) is 0 Å². The maximum atomic E-state index is 13.9. The van der Waals surface area contributed by atoms with Crippen molar-refractivity contribution in [3.05, 3.63) is 35.4 Å². The highest BCUT2D eigenvalue weighted by molar-refractivity contribution is 5.25. The van der Waals surface area contributed by atoms with Crippen LogP contribution in [0, 0.1) is 35.3 Å². The zero-order chi connectivity index (χ0) is 13.9. The van der Waals surface area contributed by atoms with Crippen molar-refractivity contribution in [3.8, 4) is 0 Å². The average molecular weight is 277 g/mol. The molecule has 3 fully saturated rings. The molecule has 5 unspecified atom stereocenters. The third-order valence-electron chi connectivity index (χ3n) is 6.25. The summed E-state index contributed by atoms with van der Waals surface area (Å²) >= 11 is 0. The van der Waals surface area contributed by atoms with Crippen molar-refractivity contribution in [1.82, 2.24) is 0 Å². The summed E-state index contributed by atoms with van der Waals surface area (Å²) in [6, 6.07) is 4.10. The van der Waals surface area contributed by atoms with E-state index in [0.29, 0.717) is 24.2 Å². The predicted octanol–water partition coefficient (Wildman–Crippen LogP) is 3.66. The lowest BCUT2D eigenvalue weighted by Gasteiger charge is -2.40. The first-order valence-corrected chi connectivity index (χ1v) is 7.80. The molecule has 1 nitrogen and oxygen atoms in total. The minimum Gasteiger partial charge on any atom is -0.325 e.